The standard InChI is InChI=1S/C11H13ClN2O3/c12-9-5-13-10(4-8(9)11(15)16)14-7-2-1-3-17-6-7/h4-5,7H,1-3,6H2,(H,13,14)(H,15,16). The average molecular weight is 257 g/mol. The van der Waals surface area contributed by atoms with Crippen LogP contribution in [0.15, 0.2) is 12.3 Å². The van der Waals surface area contributed by atoms with Crippen LogP contribution in [0.1, 0.15) is 23.2 Å². The van der Waals surface area contributed by atoms with E-state index in [4.69, 9.17) is 21.4 Å². The number of carboxylic acid groups (broad SMARTS) is 1. The number of carbonyl (C=O) groups is 1. The maximum Gasteiger partial charge on any atom is 0.337 e. The van der Waals surface area contributed by atoms with E-state index >= 15 is 0 Å². The van der Waals surface area contributed by atoms with Crippen LogP contribution < -0.4 is 5.32 Å². The van der Waals surface area contributed by atoms with Gasteiger partial charge >= 0.3 is 5.97 Å². The Balaban J connectivity index is 2.10. The van der Waals surface area contributed by atoms with Gasteiger partial charge in [0.25, 0.3) is 0 Å². The molecule has 1 fully saturated rings. The highest BCUT2D eigenvalue weighted by Crippen LogP contribution is 2.19. The minimum Gasteiger partial charge on any atom is -0.478 e. The van der Waals surface area contributed by atoms with Crippen LogP contribution >= 0.6 is 11.6 Å². The maximum absolute atomic E-state index is 10.9. The van der Waals surface area contributed by atoms with Gasteiger partial charge in [-0.15, -0.1) is 0 Å². The largest absolute Gasteiger partial charge is 0.478 e. The zero-order valence-corrected chi connectivity index (χ0v) is 9.91. The zero-order chi connectivity index (χ0) is 12.3. The van der Waals surface area contributed by atoms with Crippen molar-refractivity contribution in [2.75, 3.05) is 18.5 Å². The third-order valence-corrected chi connectivity index (χ3v) is 2.90. The Kier molecular flexibility index (Phi) is 3.81. The number of carboxylic acids is 1. The fraction of sp³-hybridized carbons (Fsp3) is 0.455. The van der Waals surface area contributed by atoms with E-state index in [1.54, 1.807) is 0 Å². The zero-order valence-electron chi connectivity index (χ0n) is 9.15. The molecule has 2 heterocycles. The Morgan fingerprint density at radius 1 is 1.65 bits per heavy atom. The minimum absolute atomic E-state index is 0.0564. The van der Waals surface area contributed by atoms with Crippen LogP contribution in [0.4, 0.5) is 5.82 Å². The van der Waals surface area contributed by atoms with Crippen molar-refractivity contribution in [3.63, 3.8) is 0 Å². The first-order chi connectivity index (χ1) is 8.16. The van der Waals surface area contributed by atoms with E-state index in [9.17, 15) is 4.79 Å². The van der Waals surface area contributed by atoms with Gasteiger partial charge in [0.15, 0.2) is 0 Å². The molecule has 92 valence electrons. The lowest BCUT2D eigenvalue weighted by atomic mass is 10.1. The molecule has 1 aliphatic heterocycles. The number of anilines is 1. The molecule has 0 bridgehead atoms. The monoisotopic (exact) mass is 256 g/mol. The van der Waals surface area contributed by atoms with Gasteiger partial charge in [-0.3, -0.25) is 0 Å². The van der Waals surface area contributed by atoms with Gasteiger partial charge in [-0.2, -0.15) is 0 Å². The topological polar surface area (TPSA) is 71.5 Å². The first kappa shape index (κ1) is 12.1. The molecule has 0 radical (unpaired) electrons. The van der Waals surface area contributed by atoms with Gasteiger partial charge in [-0.05, 0) is 18.9 Å². The lowest BCUT2D eigenvalue weighted by molar-refractivity contribution is 0.0697. The number of pyridine rings is 1. The summed E-state index contributed by atoms with van der Waals surface area (Å²) >= 11 is 5.74. The first-order valence-electron chi connectivity index (χ1n) is 5.40. The highest BCUT2D eigenvalue weighted by atomic mass is 35.5. The molecule has 0 spiro atoms. The van der Waals surface area contributed by atoms with Gasteiger partial charge in [-0.1, -0.05) is 11.6 Å². The third kappa shape index (κ3) is 3.08. The van der Waals surface area contributed by atoms with Gasteiger partial charge in [0.05, 0.1) is 23.2 Å². The third-order valence-electron chi connectivity index (χ3n) is 2.60. The molecule has 0 saturated carbocycles. The number of aromatic carboxylic acids is 1. The summed E-state index contributed by atoms with van der Waals surface area (Å²) < 4.78 is 5.32. The second-order valence-corrected chi connectivity index (χ2v) is 4.32. The number of hydrogen-bond acceptors (Lipinski definition) is 4. The molecule has 5 nitrogen and oxygen atoms in total. The van der Waals surface area contributed by atoms with E-state index in [1.807, 2.05) is 0 Å². The van der Waals surface area contributed by atoms with E-state index in [0.29, 0.717) is 12.4 Å². The second-order valence-electron chi connectivity index (χ2n) is 3.91. The van der Waals surface area contributed by atoms with Crippen LogP contribution in [0.5, 0.6) is 0 Å². The van der Waals surface area contributed by atoms with Crippen LogP contribution in [-0.4, -0.2) is 35.3 Å². The lowest BCUT2D eigenvalue weighted by Gasteiger charge is -2.23. The first-order valence-corrected chi connectivity index (χ1v) is 5.78. The normalized spacial score (nSPS) is 19.9. The average Bonchev–Trinajstić information content (AvgIpc) is 2.32. The molecule has 2 rings (SSSR count). The van der Waals surface area contributed by atoms with Crippen molar-refractivity contribution in [1.29, 1.82) is 0 Å². The number of ether oxygens (including phenoxy) is 1. The van der Waals surface area contributed by atoms with Crippen molar-refractivity contribution < 1.29 is 14.6 Å². The molecule has 6 heteroatoms. The number of aromatic nitrogens is 1. The van der Waals surface area contributed by atoms with Crippen LogP contribution in [0.3, 0.4) is 0 Å². The van der Waals surface area contributed by atoms with Gasteiger partial charge in [0.1, 0.15) is 5.82 Å². The SMILES string of the molecule is O=C(O)c1cc(NC2CCCOC2)ncc1Cl. The minimum atomic E-state index is -1.06. The number of nitrogens with zero attached hydrogens (tertiary/aromatic N) is 1. The number of nitrogens with one attached hydrogen (secondary N) is 1. The molecule has 1 aromatic rings. The van der Waals surface area contributed by atoms with E-state index in [-0.39, 0.29) is 16.6 Å². The molecule has 1 aromatic heterocycles. The summed E-state index contributed by atoms with van der Waals surface area (Å²) in [5.74, 6) is -0.539. The molecule has 1 atom stereocenters. The van der Waals surface area contributed by atoms with E-state index in [2.05, 4.69) is 10.3 Å². The summed E-state index contributed by atoms with van der Waals surface area (Å²) in [7, 11) is 0. The maximum atomic E-state index is 10.9. The fourth-order valence-electron chi connectivity index (χ4n) is 1.75. The fourth-order valence-corrected chi connectivity index (χ4v) is 1.93. The van der Waals surface area contributed by atoms with Gasteiger partial charge < -0.3 is 15.2 Å². The molecule has 1 aliphatic rings. The Bertz CT molecular complexity index is 419. The van der Waals surface area contributed by atoms with E-state index in [1.165, 1.54) is 12.3 Å². The van der Waals surface area contributed by atoms with Gasteiger partial charge in [0, 0.05) is 12.8 Å². The van der Waals surface area contributed by atoms with Crippen LogP contribution in [0, 0.1) is 0 Å². The number of hydrogen-bond donors (Lipinski definition) is 2. The predicted octanol–water partition coefficient (Wildman–Crippen LogP) is 2.02. The molecule has 17 heavy (non-hydrogen) atoms. The van der Waals surface area contributed by atoms with Gasteiger partial charge in [-0.25, -0.2) is 9.78 Å². The molecule has 0 amide bonds. The van der Waals surface area contributed by atoms with Crippen molar-refractivity contribution in [2.24, 2.45) is 0 Å². The van der Waals surface area contributed by atoms with E-state index < -0.39 is 5.97 Å². The highest BCUT2D eigenvalue weighted by Gasteiger charge is 2.16. The van der Waals surface area contributed by atoms with Crippen LogP contribution in [0.2, 0.25) is 5.02 Å². The van der Waals surface area contributed by atoms with E-state index in [0.717, 1.165) is 19.4 Å². The molecule has 0 aliphatic carbocycles. The van der Waals surface area contributed by atoms with Gasteiger partial charge in [0.2, 0.25) is 0 Å². The van der Waals surface area contributed by atoms with Crippen LogP contribution in [0.25, 0.3) is 0 Å². The summed E-state index contributed by atoms with van der Waals surface area (Å²) in [5.41, 5.74) is 0.0564. The molecular formula is C11H13ClN2O3. The number of halogens is 1. The summed E-state index contributed by atoms with van der Waals surface area (Å²) in [4.78, 5) is 15.0. The highest BCUT2D eigenvalue weighted by molar-refractivity contribution is 6.33. The Labute approximate surface area is 104 Å². The Morgan fingerprint density at radius 3 is 3.12 bits per heavy atom. The number of rotatable bonds is 3. The molecule has 0 aromatic carbocycles. The Hall–Kier alpha value is -1.33. The van der Waals surface area contributed by atoms with Crippen molar-refractivity contribution in [3.05, 3.63) is 22.8 Å². The molecule has 2 N–H and O–H groups in total. The Morgan fingerprint density at radius 2 is 2.47 bits per heavy atom. The van der Waals surface area contributed by atoms with Crippen LogP contribution in [-0.2, 0) is 4.74 Å². The summed E-state index contributed by atoms with van der Waals surface area (Å²) in [6, 6.07) is 1.62. The second kappa shape index (κ2) is 5.33. The summed E-state index contributed by atoms with van der Waals surface area (Å²) in [6.07, 6.45) is 3.33. The predicted molar refractivity (Wildman–Crippen MR) is 63.7 cm³/mol. The summed E-state index contributed by atoms with van der Waals surface area (Å²) in [6.45, 7) is 1.40. The van der Waals surface area contributed by atoms with Crippen molar-refractivity contribution in [2.45, 2.75) is 18.9 Å². The smallest absolute Gasteiger partial charge is 0.337 e. The summed E-state index contributed by atoms with van der Waals surface area (Å²) in [5, 5.41) is 12.2. The molecule has 1 saturated heterocycles. The quantitative estimate of drug-likeness (QED) is 0.866. The van der Waals surface area contributed by atoms with Crippen molar-refractivity contribution in [1.82, 2.24) is 4.98 Å². The van der Waals surface area contributed by atoms with Crippen molar-refractivity contribution in [3.8, 4) is 0 Å². The lowest BCUT2D eigenvalue weighted by Crippen LogP contribution is -2.30. The molecular weight excluding hydrogens is 244 g/mol. The molecule has 1 unspecified atom stereocenters. The van der Waals surface area contributed by atoms with Crippen molar-refractivity contribution >= 4 is 23.4 Å².